The van der Waals surface area contributed by atoms with Crippen LogP contribution in [0.2, 0.25) is 0 Å². The molecular formula is C31H56O4. The van der Waals surface area contributed by atoms with E-state index in [1.807, 2.05) is 0 Å². The first-order valence-corrected chi connectivity index (χ1v) is 14.8. The van der Waals surface area contributed by atoms with Crippen LogP contribution in [-0.4, -0.2) is 23.7 Å². The number of allylic oxidation sites excluding steroid dienone is 2. The van der Waals surface area contributed by atoms with Crippen molar-refractivity contribution in [3.05, 3.63) is 24.8 Å². The molecule has 1 atom stereocenters. The van der Waals surface area contributed by atoms with Gasteiger partial charge >= 0.3 is 11.9 Å². The van der Waals surface area contributed by atoms with Crippen molar-refractivity contribution in [2.24, 2.45) is 5.92 Å². The minimum absolute atomic E-state index is 0.0422. The van der Waals surface area contributed by atoms with Crippen LogP contribution in [0.1, 0.15) is 148 Å². The highest BCUT2D eigenvalue weighted by atomic mass is 16.5. The van der Waals surface area contributed by atoms with E-state index in [-0.39, 0.29) is 13.0 Å². The van der Waals surface area contributed by atoms with Crippen LogP contribution in [0.15, 0.2) is 24.8 Å². The standard InChI is InChI=1S/C31H56O4/c1-3-5-6-7-8-9-10-11-12-13-14-15-16-17-18-19-20-21-22-23-24-25-26-29(31(33)34)28-30(32)35-27-4-2/h4,10-11,29H,2-3,5-9,12-28H2,1H3,(H,33,34)/b11-10+. The van der Waals surface area contributed by atoms with Crippen LogP contribution in [0.3, 0.4) is 0 Å². The zero-order valence-electron chi connectivity index (χ0n) is 23.0. The number of unbranched alkanes of at least 4 members (excludes halogenated alkanes) is 18. The molecule has 0 aliphatic carbocycles. The van der Waals surface area contributed by atoms with Gasteiger partial charge in [-0.05, 0) is 32.1 Å². The van der Waals surface area contributed by atoms with Crippen molar-refractivity contribution in [3.8, 4) is 0 Å². The number of carboxylic acids is 1. The lowest BCUT2D eigenvalue weighted by atomic mass is 9.97. The number of carboxylic acid groups (broad SMARTS) is 1. The zero-order valence-corrected chi connectivity index (χ0v) is 23.0. The van der Waals surface area contributed by atoms with Gasteiger partial charge in [0.25, 0.3) is 0 Å². The molecule has 0 rings (SSSR count). The van der Waals surface area contributed by atoms with Gasteiger partial charge in [0.15, 0.2) is 0 Å². The Labute approximate surface area is 217 Å². The summed E-state index contributed by atoms with van der Waals surface area (Å²) in [5.41, 5.74) is 0. The maximum Gasteiger partial charge on any atom is 0.307 e. The third-order valence-corrected chi connectivity index (χ3v) is 6.69. The van der Waals surface area contributed by atoms with Crippen molar-refractivity contribution in [3.63, 3.8) is 0 Å². The van der Waals surface area contributed by atoms with Gasteiger partial charge in [-0.3, -0.25) is 9.59 Å². The molecule has 0 aromatic heterocycles. The smallest absolute Gasteiger partial charge is 0.307 e. The largest absolute Gasteiger partial charge is 0.481 e. The van der Waals surface area contributed by atoms with Crippen molar-refractivity contribution in [2.75, 3.05) is 6.61 Å². The molecule has 0 saturated carbocycles. The number of ether oxygens (including phenoxy) is 1. The summed E-state index contributed by atoms with van der Waals surface area (Å²) < 4.78 is 4.90. The molecule has 4 heteroatoms. The Morgan fingerprint density at radius 1 is 0.714 bits per heavy atom. The quantitative estimate of drug-likeness (QED) is 0.0704. The summed E-state index contributed by atoms with van der Waals surface area (Å²) in [7, 11) is 0. The third kappa shape index (κ3) is 25.3. The molecule has 0 aromatic rings. The summed E-state index contributed by atoms with van der Waals surface area (Å²) >= 11 is 0. The Kier molecular flexibility index (Phi) is 25.8. The van der Waals surface area contributed by atoms with Gasteiger partial charge in [0.2, 0.25) is 0 Å². The Bertz CT molecular complexity index is 526. The number of hydrogen-bond donors (Lipinski definition) is 1. The van der Waals surface area contributed by atoms with Gasteiger partial charge in [-0.15, -0.1) is 0 Å². The fraction of sp³-hybridized carbons (Fsp3) is 0.806. The molecule has 0 amide bonds. The number of carbonyl (C=O) groups is 2. The Balaban J connectivity index is 3.37. The summed E-state index contributed by atoms with van der Waals surface area (Å²) in [4.78, 5) is 22.9. The summed E-state index contributed by atoms with van der Waals surface area (Å²) in [5.74, 6) is -1.98. The van der Waals surface area contributed by atoms with E-state index in [9.17, 15) is 14.7 Å². The maximum absolute atomic E-state index is 11.6. The molecule has 0 spiro atoms. The average Bonchev–Trinajstić information content (AvgIpc) is 2.84. The molecule has 4 nitrogen and oxygen atoms in total. The van der Waals surface area contributed by atoms with Crippen LogP contribution >= 0.6 is 0 Å². The first-order chi connectivity index (χ1) is 17.1. The average molecular weight is 493 g/mol. The molecule has 0 aliphatic rings. The summed E-state index contributed by atoms with van der Waals surface area (Å²) in [6.45, 7) is 5.90. The lowest BCUT2D eigenvalue weighted by Crippen LogP contribution is -2.19. The van der Waals surface area contributed by atoms with E-state index in [0.717, 1.165) is 19.3 Å². The molecule has 1 unspecified atom stereocenters. The van der Waals surface area contributed by atoms with E-state index >= 15 is 0 Å². The van der Waals surface area contributed by atoms with Gasteiger partial charge in [0, 0.05) is 0 Å². The summed E-state index contributed by atoms with van der Waals surface area (Å²) in [6.07, 6.45) is 32.6. The molecule has 0 aliphatic heterocycles. The molecule has 204 valence electrons. The molecular weight excluding hydrogens is 436 g/mol. The molecule has 0 fully saturated rings. The SMILES string of the molecule is C=CCOC(=O)CC(CCCCCCCCCCCCCCC/C=C/CCCCCCC)C(=O)O. The maximum atomic E-state index is 11.6. The van der Waals surface area contributed by atoms with Crippen molar-refractivity contribution < 1.29 is 19.4 Å². The van der Waals surface area contributed by atoms with E-state index in [4.69, 9.17) is 4.74 Å². The van der Waals surface area contributed by atoms with Crippen LogP contribution in [0.4, 0.5) is 0 Å². The monoisotopic (exact) mass is 492 g/mol. The molecule has 0 aromatic carbocycles. The highest BCUT2D eigenvalue weighted by molar-refractivity contribution is 5.78. The lowest BCUT2D eigenvalue weighted by molar-refractivity contribution is -0.151. The van der Waals surface area contributed by atoms with Crippen LogP contribution in [-0.2, 0) is 14.3 Å². The number of hydrogen-bond acceptors (Lipinski definition) is 3. The molecule has 0 bridgehead atoms. The van der Waals surface area contributed by atoms with Gasteiger partial charge in [-0.25, -0.2) is 0 Å². The van der Waals surface area contributed by atoms with Gasteiger partial charge in [-0.2, -0.15) is 0 Å². The van der Waals surface area contributed by atoms with Gasteiger partial charge in [-0.1, -0.05) is 134 Å². The highest BCUT2D eigenvalue weighted by Gasteiger charge is 2.21. The minimum Gasteiger partial charge on any atom is -0.481 e. The van der Waals surface area contributed by atoms with Crippen LogP contribution < -0.4 is 0 Å². The van der Waals surface area contributed by atoms with E-state index in [0.29, 0.717) is 6.42 Å². The molecule has 0 saturated heterocycles. The first kappa shape index (κ1) is 33.4. The van der Waals surface area contributed by atoms with Crippen LogP contribution in [0.5, 0.6) is 0 Å². The number of rotatable bonds is 27. The number of aliphatic carboxylic acids is 1. The molecule has 1 N–H and O–H groups in total. The van der Waals surface area contributed by atoms with Crippen molar-refractivity contribution in [2.45, 2.75) is 148 Å². The predicted octanol–water partition coefficient (Wildman–Crippen LogP) is 9.57. The summed E-state index contributed by atoms with van der Waals surface area (Å²) in [6, 6.07) is 0. The Morgan fingerprint density at radius 2 is 1.14 bits per heavy atom. The van der Waals surface area contributed by atoms with Crippen LogP contribution in [0.25, 0.3) is 0 Å². The van der Waals surface area contributed by atoms with Crippen molar-refractivity contribution >= 4 is 11.9 Å². The normalized spacial score (nSPS) is 12.1. The lowest BCUT2D eigenvalue weighted by Gasteiger charge is -2.11. The van der Waals surface area contributed by atoms with Crippen molar-refractivity contribution in [1.82, 2.24) is 0 Å². The third-order valence-electron chi connectivity index (χ3n) is 6.69. The second-order valence-electron chi connectivity index (χ2n) is 10.1. The van der Waals surface area contributed by atoms with Gasteiger partial charge < -0.3 is 9.84 Å². The topological polar surface area (TPSA) is 63.6 Å². The Hall–Kier alpha value is -1.58. The van der Waals surface area contributed by atoms with Gasteiger partial charge in [0.05, 0.1) is 12.3 Å². The fourth-order valence-electron chi connectivity index (χ4n) is 4.42. The molecule has 35 heavy (non-hydrogen) atoms. The molecule has 0 radical (unpaired) electrons. The first-order valence-electron chi connectivity index (χ1n) is 14.8. The van der Waals surface area contributed by atoms with E-state index in [1.165, 1.54) is 115 Å². The molecule has 0 heterocycles. The highest BCUT2D eigenvalue weighted by Crippen LogP contribution is 2.17. The zero-order chi connectivity index (χ0) is 25.8. The van der Waals surface area contributed by atoms with E-state index in [2.05, 4.69) is 25.7 Å². The number of esters is 1. The van der Waals surface area contributed by atoms with Crippen LogP contribution in [0, 0.1) is 5.92 Å². The van der Waals surface area contributed by atoms with Gasteiger partial charge in [0.1, 0.15) is 6.61 Å². The fourth-order valence-corrected chi connectivity index (χ4v) is 4.42. The Morgan fingerprint density at radius 3 is 1.57 bits per heavy atom. The second kappa shape index (κ2) is 27.0. The van der Waals surface area contributed by atoms with E-state index < -0.39 is 17.9 Å². The second-order valence-corrected chi connectivity index (χ2v) is 10.1. The van der Waals surface area contributed by atoms with E-state index in [1.54, 1.807) is 0 Å². The summed E-state index contributed by atoms with van der Waals surface area (Å²) in [5, 5.41) is 9.29. The van der Waals surface area contributed by atoms with Crippen molar-refractivity contribution in [1.29, 1.82) is 0 Å². The predicted molar refractivity (Wildman–Crippen MR) is 149 cm³/mol. The number of carbonyl (C=O) groups excluding carboxylic acids is 1. The minimum atomic E-state index is -0.902.